The first-order valence-corrected chi connectivity index (χ1v) is 11.6. The molecule has 3 N–H and O–H groups in total. The van der Waals surface area contributed by atoms with Gasteiger partial charge in [0.1, 0.15) is 18.3 Å². The van der Waals surface area contributed by atoms with Crippen molar-refractivity contribution in [3.63, 3.8) is 0 Å². The average molecular weight is 524 g/mol. The molecule has 0 radical (unpaired) electrons. The fourth-order valence-electron chi connectivity index (χ4n) is 3.54. The van der Waals surface area contributed by atoms with Gasteiger partial charge >= 0.3 is 5.97 Å². The van der Waals surface area contributed by atoms with Gasteiger partial charge in [-0.2, -0.15) is 9.65 Å². The van der Waals surface area contributed by atoms with E-state index in [9.17, 15) is 15.8 Å². The summed E-state index contributed by atoms with van der Waals surface area (Å²) in [6, 6.07) is 6.02. The number of rotatable bonds is 8. The lowest BCUT2D eigenvalue weighted by atomic mass is 9.96. The summed E-state index contributed by atoms with van der Waals surface area (Å²) in [6.07, 6.45) is 3.94. The molecule has 0 spiro atoms. The molecule has 37 heavy (non-hydrogen) atoms. The highest BCUT2D eigenvalue weighted by atomic mass is 35.5. The van der Waals surface area contributed by atoms with Crippen molar-refractivity contribution < 1.29 is 15.7 Å². The molecule has 3 heterocycles. The zero-order valence-electron chi connectivity index (χ0n) is 21.3. The number of nitrogens with zero attached hydrogens (tertiary/aromatic N) is 6. The molecule has 0 aliphatic heterocycles. The first kappa shape index (κ1) is 24.4. The van der Waals surface area contributed by atoms with E-state index in [2.05, 4.69) is 57.8 Å². The topological polar surface area (TPSA) is 142 Å². The summed E-state index contributed by atoms with van der Waals surface area (Å²) in [5.74, 6) is -1.87. The minimum atomic E-state index is -1.87. The molecule has 10 nitrogen and oxygen atoms in total. The van der Waals surface area contributed by atoms with Crippen LogP contribution < -0.4 is 10.6 Å². The Hall–Kier alpha value is -4.30. The van der Waals surface area contributed by atoms with Crippen molar-refractivity contribution in [1.82, 2.24) is 25.0 Å². The molecule has 4 rings (SSSR count). The molecular weight excluding hydrogens is 499 g/mol. The third-order valence-electron chi connectivity index (χ3n) is 5.22. The molecule has 1 aromatic carbocycles. The Bertz CT molecular complexity index is 1550. The van der Waals surface area contributed by atoms with E-state index in [0.717, 1.165) is 10.7 Å². The van der Waals surface area contributed by atoms with Crippen LogP contribution in [0.25, 0.3) is 10.9 Å². The highest BCUT2D eigenvalue weighted by molar-refractivity contribution is 6.35. The summed E-state index contributed by atoms with van der Waals surface area (Å²) < 4.78 is 24.0. The second kappa shape index (κ2) is 10.4. The van der Waals surface area contributed by atoms with E-state index in [1.807, 2.05) is 0 Å². The van der Waals surface area contributed by atoms with Crippen molar-refractivity contribution in [1.29, 1.82) is 5.26 Å². The number of anilines is 2. The van der Waals surface area contributed by atoms with E-state index in [1.165, 1.54) is 24.7 Å². The van der Waals surface area contributed by atoms with Gasteiger partial charge in [0.25, 0.3) is 0 Å². The zero-order valence-corrected chi connectivity index (χ0v) is 21.0. The fraction of sp³-hybridized carbons (Fsp3) is 0.280. The number of hydrogen-bond donors (Lipinski definition) is 3. The lowest BCUT2D eigenvalue weighted by Crippen LogP contribution is -2.20. The number of nitriles is 1. The number of nitrogens with one attached hydrogen (secondary N) is 2. The van der Waals surface area contributed by atoms with E-state index < -0.39 is 24.5 Å². The van der Waals surface area contributed by atoms with Crippen LogP contribution in [0.2, 0.25) is 5.02 Å². The third kappa shape index (κ3) is 6.10. The van der Waals surface area contributed by atoms with Crippen LogP contribution >= 0.6 is 11.6 Å². The maximum atomic E-state index is 13.6. The Morgan fingerprint density at radius 3 is 2.76 bits per heavy atom. The van der Waals surface area contributed by atoms with E-state index in [0.29, 0.717) is 34.4 Å². The maximum absolute atomic E-state index is 13.6. The monoisotopic (exact) mass is 523 g/mol. The molecular formula is C25H24ClFN8O2. The van der Waals surface area contributed by atoms with Gasteiger partial charge in [-0.1, -0.05) is 43.7 Å². The molecule has 190 valence electrons. The number of halogens is 2. The van der Waals surface area contributed by atoms with Crippen molar-refractivity contribution in [3.8, 4) is 6.07 Å². The Kier molecular flexibility index (Phi) is 6.83. The number of benzene rings is 1. The molecule has 12 heteroatoms. The van der Waals surface area contributed by atoms with Gasteiger partial charge in [0, 0.05) is 30.0 Å². The van der Waals surface area contributed by atoms with E-state index in [-0.39, 0.29) is 21.7 Å². The Morgan fingerprint density at radius 2 is 2.11 bits per heavy atom. The highest BCUT2D eigenvalue weighted by Gasteiger charge is 2.21. The minimum absolute atomic E-state index is 0.0401. The van der Waals surface area contributed by atoms with Crippen LogP contribution in [0, 0.1) is 22.7 Å². The van der Waals surface area contributed by atoms with Crippen LogP contribution in [0.5, 0.6) is 0 Å². The van der Waals surface area contributed by atoms with Crippen molar-refractivity contribution in [2.24, 2.45) is 5.41 Å². The smallest absolute Gasteiger partial charge is 0.325 e. The predicted octanol–water partition coefficient (Wildman–Crippen LogP) is 4.63. The van der Waals surface area contributed by atoms with E-state index in [4.69, 9.17) is 16.7 Å². The van der Waals surface area contributed by atoms with Crippen LogP contribution in [0.15, 0.2) is 42.9 Å². The number of carbonyl (C=O) groups is 1. The lowest BCUT2D eigenvalue weighted by molar-refractivity contribution is -0.137. The summed E-state index contributed by atoms with van der Waals surface area (Å²) in [5, 5.41) is 33.8. The van der Waals surface area contributed by atoms with E-state index >= 15 is 0 Å². The Labute approximate surface area is 218 Å². The summed E-state index contributed by atoms with van der Waals surface area (Å²) >= 11 is 6.59. The van der Waals surface area contributed by atoms with Gasteiger partial charge in [0.2, 0.25) is 5.95 Å². The van der Waals surface area contributed by atoms with E-state index in [1.54, 1.807) is 12.1 Å². The molecule has 4 aromatic rings. The van der Waals surface area contributed by atoms with Crippen LogP contribution in [-0.2, 0) is 11.3 Å². The molecule has 1 atom stereocenters. The molecule has 0 unspecified atom stereocenters. The SMILES string of the molecule is [2H][C@](Nc1cc(Cl)c2ncc(C#N)c(NCC(C)(C)C)c2c1)(c1ccc(F)nc1)c1cn(CC(=O)O)nn1. The van der Waals surface area contributed by atoms with Gasteiger partial charge in [0.15, 0.2) is 0 Å². The fourth-order valence-corrected chi connectivity index (χ4v) is 3.81. The van der Waals surface area contributed by atoms with Crippen LogP contribution in [-0.4, -0.2) is 42.6 Å². The molecule has 0 aliphatic rings. The third-order valence-corrected chi connectivity index (χ3v) is 5.51. The summed E-state index contributed by atoms with van der Waals surface area (Å²) in [4.78, 5) is 19.1. The molecule has 3 aromatic heterocycles. The summed E-state index contributed by atoms with van der Waals surface area (Å²) in [7, 11) is 0. The highest BCUT2D eigenvalue weighted by Crippen LogP contribution is 2.35. The summed E-state index contributed by atoms with van der Waals surface area (Å²) in [5.41, 5.74) is 1.86. The Balaban J connectivity index is 1.85. The number of hydrogen-bond acceptors (Lipinski definition) is 8. The Morgan fingerprint density at radius 1 is 1.32 bits per heavy atom. The summed E-state index contributed by atoms with van der Waals surface area (Å²) in [6.45, 7) is 6.26. The normalized spacial score (nSPS) is 13.5. The molecule has 0 saturated carbocycles. The number of carboxylic acids is 1. The van der Waals surface area contributed by atoms with Gasteiger partial charge in [-0.05, 0) is 29.2 Å². The quantitative estimate of drug-likeness (QED) is 0.282. The number of fused-ring (bicyclic) bond motifs is 1. The minimum Gasteiger partial charge on any atom is -0.480 e. The second-order valence-corrected chi connectivity index (χ2v) is 9.90. The number of aromatic nitrogens is 5. The van der Waals surface area contributed by atoms with Gasteiger partial charge in [-0.25, -0.2) is 9.67 Å². The molecule has 0 saturated heterocycles. The van der Waals surface area contributed by atoms with Crippen LogP contribution in [0.3, 0.4) is 0 Å². The largest absolute Gasteiger partial charge is 0.480 e. The molecule has 0 amide bonds. The first-order chi connectivity index (χ1) is 17.9. The molecule has 0 bridgehead atoms. The average Bonchev–Trinajstić information content (AvgIpc) is 3.30. The van der Waals surface area contributed by atoms with Crippen LogP contribution in [0.4, 0.5) is 15.8 Å². The van der Waals surface area contributed by atoms with Crippen molar-refractivity contribution in [2.45, 2.75) is 33.3 Å². The van der Waals surface area contributed by atoms with Gasteiger partial charge in [-0.15, -0.1) is 5.10 Å². The van der Waals surface area contributed by atoms with Crippen LogP contribution in [0.1, 0.15) is 45.0 Å². The predicted molar refractivity (Wildman–Crippen MR) is 137 cm³/mol. The standard InChI is InChI=1S/C25H24ClFN8O2/c1-25(2,3)13-31-22-15(8-28)10-30-24-17(22)6-16(7-18(24)26)32-23(14-4-5-20(27)29-9-14)19-11-35(34-33-19)12-21(36)37/h4-7,9-11,23,32H,12-13H2,1-3H3,(H,30,31)(H,36,37)/t23-/m0/s1/i23D. The van der Waals surface area contributed by atoms with Crippen molar-refractivity contribution in [2.75, 3.05) is 17.2 Å². The zero-order chi connectivity index (χ0) is 27.7. The number of carboxylic acid groups (broad SMARTS) is 1. The number of pyridine rings is 2. The van der Waals surface area contributed by atoms with Gasteiger partial charge in [-0.3, -0.25) is 9.78 Å². The number of aliphatic carboxylic acids is 1. The molecule has 0 aliphatic carbocycles. The second-order valence-electron chi connectivity index (χ2n) is 9.49. The van der Waals surface area contributed by atoms with Gasteiger partial charge in [0.05, 0.1) is 35.4 Å². The maximum Gasteiger partial charge on any atom is 0.325 e. The molecule has 0 fully saturated rings. The first-order valence-electron chi connectivity index (χ1n) is 11.7. The lowest BCUT2D eigenvalue weighted by Gasteiger charge is -2.22. The van der Waals surface area contributed by atoms with Crippen molar-refractivity contribution in [3.05, 3.63) is 70.6 Å². The van der Waals surface area contributed by atoms with Gasteiger partial charge < -0.3 is 15.7 Å². The van der Waals surface area contributed by atoms with Crippen molar-refractivity contribution >= 4 is 39.8 Å².